The quantitative estimate of drug-likeness (QED) is 0.353. The Labute approximate surface area is 226 Å². The molecule has 0 unspecified atom stereocenters. The Kier molecular flexibility index (Phi) is 10.1. The Bertz CT molecular complexity index is 1150. The molecule has 7 nitrogen and oxygen atoms in total. The van der Waals surface area contributed by atoms with Gasteiger partial charge in [-0.25, -0.2) is 0 Å². The Balaban J connectivity index is 1.49. The third-order valence-electron chi connectivity index (χ3n) is 6.94. The van der Waals surface area contributed by atoms with E-state index < -0.39 is 0 Å². The van der Waals surface area contributed by atoms with E-state index in [2.05, 4.69) is 11.8 Å². The molecule has 0 atom stereocenters. The highest BCUT2D eigenvalue weighted by atomic mass is 16.5. The van der Waals surface area contributed by atoms with Gasteiger partial charge in [0, 0.05) is 38.3 Å². The van der Waals surface area contributed by atoms with Gasteiger partial charge in [-0.15, -0.1) is 0 Å². The summed E-state index contributed by atoms with van der Waals surface area (Å²) in [5, 5.41) is 0. The van der Waals surface area contributed by atoms with E-state index >= 15 is 0 Å². The van der Waals surface area contributed by atoms with Gasteiger partial charge in [-0.05, 0) is 55.2 Å². The summed E-state index contributed by atoms with van der Waals surface area (Å²) in [7, 11) is 0. The van der Waals surface area contributed by atoms with E-state index in [1.807, 2.05) is 73.7 Å². The Hall–Kier alpha value is -3.42. The predicted molar refractivity (Wildman–Crippen MR) is 148 cm³/mol. The summed E-state index contributed by atoms with van der Waals surface area (Å²) in [6.45, 7) is 9.47. The van der Waals surface area contributed by atoms with E-state index in [0.717, 1.165) is 62.8 Å². The van der Waals surface area contributed by atoms with E-state index in [1.54, 1.807) is 9.80 Å². The normalized spacial score (nSPS) is 13.8. The maximum absolute atomic E-state index is 13.7. The third-order valence-corrected chi connectivity index (χ3v) is 6.94. The molecule has 1 fully saturated rings. The van der Waals surface area contributed by atoms with Crippen LogP contribution < -0.4 is 0 Å². The first kappa shape index (κ1) is 27.6. The topological polar surface area (TPSA) is 66.2 Å². The molecule has 7 heteroatoms. The van der Waals surface area contributed by atoms with Crippen molar-refractivity contribution in [3.8, 4) is 0 Å². The molecule has 2 amide bonds. The van der Waals surface area contributed by atoms with E-state index in [9.17, 15) is 9.59 Å². The first-order valence-corrected chi connectivity index (χ1v) is 13.6. The Morgan fingerprint density at radius 3 is 2.26 bits per heavy atom. The molecule has 38 heavy (non-hydrogen) atoms. The van der Waals surface area contributed by atoms with Crippen LogP contribution in [-0.4, -0.2) is 72.5 Å². The van der Waals surface area contributed by atoms with E-state index in [1.165, 1.54) is 5.56 Å². The highest BCUT2D eigenvalue weighted by Crippen LogP contribution is 2.15. The number of carbonyl (C=O) groups is 2. The van der Waals surface area contributed by atoms with Crippen molar-refractivity contribution in [2.24, 2.45) is 0 Å². The molecule has 0 aliphatic carbocycles. The SMILES string of the molecule is CCc1ccc(C(=O)N(CCCN2CCOCC2)CC(=O)N(Cc2ccccc2)Cc2ccc(C)o2)cc1. The molecule has 1 aromatic heterocycles. The summed E-state index contributed by atoms with van der Waals surface area (Å²) >= 11 is 0. The number of rotatable bonds is 12. The van der Waals surface area contributed by atoms with Crippen LogP contribution in [0.25, 0.3) is 0 Å². The fourth-order valence-corrected chi connectivity index (χ4v) is 4.69. The maximum atomic E-state index is 13.7. The van der Waals surface area contributed by atoms with Crippen molar-refractivity contribution < 1.29 is 18.7 Å². The van der Waals surface area contributed by atoms with Crippen LogP contribution in [0.4, 0.5) is 0 Å². The van der Waals surface area contributed by atoms with Crippen LogP contribution in [-0.2, 0) is 29.0 Å². The highest BCUT2D eigenvalue weighted by molar-refractivity contribution is 5.96. The molecular weight excluding hydrogens is 478 g/mol. The molecule has 2 heterocycles. The van der Waals surface area contributed by atoms with Crippen LogP contribution in [0.3, 0.4) is 0 Å². The van der Waals surface area contributed by atoms with Crippen LogP contribution in [0.2, 0.25) is 0 Å². The number of nitrogens with zero attached hydrogens (tertiary/aromatic N) is 3. The maximum Gasteiger partial charge on any atom is 0.254 e. The Morgan fingerprint density at radius 2 is 1.61 bits per heavy atom. The highest BCUT2D eigenvalue weighted by Gasteiger charge is 2.24. The third kappa shape index (κ3) is 8.04. The second kappa shape index (κ2) is 13.9. The number of benzene rings is 2. The van der Waals surface area contributed by atoms with E-state index in [0.29, 0.717) is 25.2 Å². The van der Waals surface area contributed by atoms with Crippen LogP contribution in [0.1, 0.15) is 46.3 Å². The molecule has 0 bridgehead atoms. The van der Waals surface area contributed by atoms with Gasteiger partial charge in [0.2, 0.25) is 5.91 Å². The van der Waals surface area contributed by atoms with Gasteiger partial charge >= 0.3 is 0 Å². The fraction of sp³-hybridized carbons (Fsp3) is 0.419. The number of hydrogen-bond donors (Lipinski definition) is 0. The first-order valence-electron chi connectivity index (χ1n) is 13.6. The molecule has 1 aliphatic heterocycles. The van der Waals surface area contributed by atoms with E-state index in [4.69, 9.17) is 9.15 Å². The lowest BCUT2D eigenvalue weighted by Crippen LogP contribution is -2.44. The van der Waals surface area contributed by atoms with Gasteiger partial charge in [0.25, 0.3) is 5.91 Å². The number of aryl methyl sites for hydroxylation is 2. The van der Waals surface area contributed by atoms with Crippen molar-refractivity contribution in [1.29, 1.82) is 0 Å². The molecule has 202 valence electrons. The monoisotopic (exact) mass is 517 g/mol. The number of carbonyl (C=O) groups excluding carboxylic acids is 2. The van der Waals surface area contributed by atoms with Crippen LogP contribution in [0.5, 0.6) is 0 Å². The summed E-state index contributed by atoms with van der Waals surface area (Å²) in [5.74, 6) is 1.32. The molecule has 0 saturated carbocycles. The molecule has 1 saturated heterocycles. The lowest BCUT2D eigenvalue weighted by Gasteiger charge is -2.30. The zero-order valence-electron chi connectivity index (χ0n) is 22.6. The minimum atomic E-state index is -0.114. The standard InChI is InChI=1S/C31H39N3O4/c1-3-26-11-13-28(14-12-26)31(36)33(17-7-16-32-18-20-37-21-19-32)24-30(35)34(22-27-8-5-4-6-9-27)23-29-15-10-25(2)38-29/h4-6,8-15H,3,7,16-24H2,1-2H3. The van der Waals surface area contributed by atoms with E-state index in [-0.39, 0.29) is 18.4 Å². The molecule has 1 aliphatic rings. The predicted octanol–water partition coefficient (Wildman–Crippen LogP) is 4.54. The minimum absolute atomic E-state index is 0.0179. The van der Waals surface area contributed by atoms with Crippen LogP contribution >= 0.6 is 0 Å². The molecule has 0 spiro atoms. The van der Waals surface area contributed by atoms with Gasteiger partial charge in [0.05, 0.1) is 19.8 Å². The number of ether oxygens (including phenoxy) is 1. The van der Waals surface area contributed by atoms with Gasteiger partial charge in [-0.1, -0.05) is 49.4 Å². The van der Waals surface area contributed by atoms with Gasteiger partial charge in [-0.2, -0.15) is 0 Å². The second-order valence-electron chi connectivity index (χ2n) is 9.83. The minimum Gasteiger partial charge on any atom is -0.464 e. The summed E-state index contributed by atoms with van der Waals surface area (Å²) in [6.07, 6.45) is 1.71. The van der Waals surface area contributed by atoms with Crippen molar-refractivity contribution in [2.45, 2.75) is 39.8 Å². The van der Waals surface area contributed by atoms with Crippen molar-refractivity contribution in [1.82, 2.24) is 14.7 Å². The molecule has 0 N–H and O–H groups in total. The van der Waals surface area contributed by atoms with Crippen molar-refractivity contribution >= 4 is 11.8 Å². The van der Waals surface area contributed by atoms with Crippen LogP contribution in [0.15, 0.2) is 71.1 Å². The average molecular weight is 518 g/mol. The zero-order valence-corrected chi connectivity index (χ0v) is 22.6. The summed E-state index contributed by atoms with van der Waals surface area (Å²) in [6, 6.07) is 21.4. The first-order chi connectivity index (χ1) is 18.5. The largest absolute Gasteiger partial charge is 0.464 e. The van der Waals surface area contributed by atoms with Gasteiger partial charge < -0.3 is 19.0 Å². The van der Waals surface area contributed by atoms with Crippen molar-refractivity contribution in [3.05, 3.63) is 94.9 Å². The lowest BCUT2D eigenvalue weighted by atomic mass is 10.1. The summed E-state index contributed by atoms with van der Waals surface area (Å²) in [4.78, 5) is 33.2. The number of furan rings is 1. The van der Waals surface area contributed by atoms with Crippen LogP contribution in [0, 0.1) is 6.92 Å². The zero-order chi connectivity index (χ0) is 26.7. The molecule has 0 radical (unpaired) electrons. The number of morpholine rings is 1. The smallest absolute Gasteiger partial charge is 0.254 e. The lowest BCUT2D eigenvalue weighted by molar-refractivity contribution is -0.133. The van der Waals surface area contributed by atoms with Crippen molar-refractivity contribution in [3.63, 3.8) is 0 Å². The molecule has 4 rings (SSSR count). The van der Waals surface area contributed by atoms with Gasteiger partial charge in [-0.3, -0.25) is 14.5 Å². The van der Waals surface area contributed by atoms with Crippen molar-refractivity contribution in [2.75, 3.05) is 45.9 Å². The molecular formula is C31H39N3O4. The molecule has 2 aromatic carbocycles. The van der Waals surface area contributed by atoms with Gasteiger partial charge in [0.15, 0.2) is 0 Å². The Morgan fingerprint density at radius 1 is 0.868 bits per heavy atom. The molecule has 3 aromatic rings. The number of hydrogen-bond acceptors (Lipinski definition) is 5. The fourth-order valence-electron chi connectivity index (χ4n) is 4.69. The summed E-state index contributed by atoms with van der Waals surface area (Å²) in [5.41, 5.74) is 2.82. The number of amides is 2. The second-order valence-corrected chi connectivity index (χ2v) is 9.83. The average Bonchev–Trinajstić information content (AvgIpc) is 3.37. The summed E-state index contributed by atoms with van der Waals surface area (Å²) < 4.78 is 11.2. The van der Waals surface area contributed by atoms with Gasteiger partial charge in [0.1, 0.15) is 18.1 Å².